The van der Waals surface area contributed by atoms with Gasteiger partial charge in [-0.05, 0) is 30.2 Å². The smallest absolute Gasteiger partial charge is 0.224 e. The lowest BCUT2D eigenvalue weighted by molar-refractivity contribution is -0.120. The van der Waals surface area contributed by atoms with Crippen molar-refractivity contribution in [1.29, 1.82) is 0 Å². The molecule has 0 unspecified atom stereocenters. The van der Waals surface area contributed by atoms with E-state index in [1.54, 1.807) is 0 Å². The number of ether oxygens (including phenoxy) is 1. The van der Waals surface area contributed by atoms with Gasteiger partial charge in [0.25, 0.3) is 0 Å². The SMILES string of the molecule is Cc1ccc(CC(=O)NCc2ccc(N3CCOCC3)cc2)cc1. The second-order valence-corrected chi connectivity index (χ2v) is 6.20. The van der Waals surface area contributed by atoms with Gasteiger partial charge in [0.2, 0.25) is 5.91 Å². The van der Waals surface area contributed by atoms with Gasteiger partial charge in [-0.25, -0.2) is 0 Å². The molecular formula is C20H24N2O2. The van der Waals surface area contributed by atoms with Crippen LogP contribution in [0.1, 0.15) is 16.7 Å². The lowest BCUT2D eigenvalue weighted by atomic mass is 10.1. The number of anilines is 1. The van der Waals surface area contributed by atoms with Gasteiger partial charge in [0.1, 0.15) is 0 Å². The number of nitrogens with one attached hydrogen (secondary N) is 1. The zero-order chi connectivity index (χ0) is 16.8. The second-order valence-electron chi connectivity index (χ2n) is 6.20. The fourth-order valence-electron chi connectivity index (χ4n) is 2.80. The number of benzene rings is 2. The fourth-order valence-corrected chi connectivity index (χ4v) is 2.80. The summed E-state index contributed by atoms with van der Waals surface area (Å²) in [4.78, 5) is 14.4. The molecule has 2 aromatic rings. The number of amides is 1. The van der Waals surface area contributed by atoms with Crippen molar-refractivity contribution >= 4 is 11.6 Å². The first-order chi connectivity index (χ1) is 11.7. The normalized spacial score (nSPS) is 14.5. The third-order valence-electron chi connectivity index (χ3n) is 4.29. The van der Waals surface area contributed by atoms with E-state index in [0.717, 1.165) is 37.4 Å². The van der Waals surface area contributed by atoms with Crippen LogP contribution in [0.15, 0.2) is 48.5 Å². The molecule has 1 fully saturated rings. The number of morpholine rings is 1. The van der Waals surface area contributed by atoms with Crippen molar-refractivity contribution in [2.45, 2.75) is 19.9 Å². The molecule has 0 atom stereocenters. The molecule has 0 spiro atoms. The molecule has 1 aliphatic heterocycles. The Labute approximate surface area is 143 Å². The third-order valence-corrected chi connectivity index (χ3v) is 4.29. The van der Waals surface area contributed by atoms with Gasteiger partial charge in [-0.2, -0.15) is 0 Å². The Balaban J connectivity index is 1.49. The Kier molecular flexibility index (Phi) is 5.49. The maximum absolute atomic E-state index is 12.1. The first-order valence-electron chi connectivity index (χ1n) is 8.44. The minimum atomic E-state index is 0.0520. The van der Waals surface area contributed by atoms with Crippen molar-refractivity contribution in [3.63, 3.8) is 0 Å². The maximum atomic E-state index is 12.1. The number of nitrogens with zero attached hydrogens (tertiary/aromatic N) is 1. The predicted molar refractivity (Wildman–Crippen MR) is 96.2 cm³/mol. The van der Waals surface area contributed by atoms with E-state index < -0.39 is 0 Å². The molecule has 4 heteroatoms. The van der Waals surface area contributed by atoms with Crippen LogP contribution >= 0.6 is 0 Å². The van der Waals surface area contributed by atoms with Gasteiger partial charge in [0, 0.05) is 25.3 Å². The van der Waals surface area contributed by atoms with Crippen LogP contribution in [0.25, 0.3) is 0 Å². The molecule has 0 radical (unpaired) electrons. The predicted octanol–water partition coefficient (Wildman–Crippen LogP) is 2.69. The Morgan fingerprint density at radius 3 is 2.29 bits per heavy atom. The Bertz CT molecular complexity index is 659. The molecule has 0 aliphatic carbocycles. The minimum Gasteiger partial charge on any atom is -0.378 e. The molecule has 1 heterocycles. The van der Waals surface area contributed by atoms with E-state index in [0.29, 0.717) is 13.0 Å². The first-order valence-corrected chi connectivity index (χ1v) is 8.44. The van der Waals surface area contributed by atoms with Crippen molar-refractivity contribution in [3.8, 4) is 0 Å². The van der Waals surface area contributed by atoms with Crippen molar-refractivity contribution < 1.29 is 9.53 Å². The van der Waals surface area contributed by atoms with Crippen LogP contribution in [0.5, 0.6) is 0 Å². The van der Waals surface area contributed by atoms with Crippen LogP contribution in [-0.2, 0) is 22.5 Å². The van der Waals surface area contributed by atoms with Gasteiger partial charge in [0.15, 0.2) is 0 Å². The molecule has 4 nitrogen and oxygen atoms in total. The number of hydrogen-bond donors (Lipinski definition) is 1. The van der Waals surface area contributed by atoms with Crippen LogP contribution in [0.2, 0.25) is 0 Å². The summed E-state index contributed by atoms with van der Waals surface area (Å²) in [5, 5.41) is 2.99. The molecule has 1 saturated heterocycles. The average Bonchev–Trinajstić information content (AvgIpc) is 2.63. The largest absolute Gasteiger partial charge is 0.378 e. The molecule has 0 bridgehead atoms. The number of aryl methyl sites for hydroxylation is 1. The maximum Gasteiger partial charge on any atom is 0.224 e. The van der Waals surface area contributed by atoms with Gasteiger partial charge in [-0.3, -0.25) is 4.79 Å². The zero-order valence-corrected chi connectivity index (χ0v) is 14.1. The summed E-state index contributed by atoms with van der Waals surface area (Å²) in [6.45, 7) is 6.06. The van der Waals surface area contributed by atoms with E-state index in [1.807, 2.05) is 31.2 Å². The highest BCUT2D eigenvalue weighted by Gasteiger charge is 2.10. The number of hydrogen-bond acceptors (Lipinski definition) is 3. The van der Waals surface area contributed by atoms with E-state index >= 15 is 0 Å². The summed E-state index contributed by atoms with van der Waals surface area (Å²) in [6, 6.07) is 16.5. The van der Waals surface area contributed by atoms with E-state index in [4.69, 9.17) is 4.74 Å². The van der Waals surface area contributed by atoms with E-state index in [1.165, 1.54) is 11.3 Å². The summed E-state index contributed by atoms with van der Waals surface area (Å²) in [5.74, 6) is 0.0520. The van der Waals surface area contributed by atoms with E-state index in [9.17, 15) is 4.79 Å². The molecule has 3 rings (SSSR count). The van der Waals surface area contributed by atoms with Gasteiger partial charge in [-0.15, -0.1) is 0 Å². The highest BCUT2D eigenvalue weighted by molar-refractivity contribution is 5.78. The molecule has 0 aromatic heterocycles. The van der Waals surface area contributed by atoms with Gasteiger partial charge < -0.3 is 15.0 Å². The van der Waals surface area contributed by atoms with Crippen molar-refractivity contribution in [2.24, 2.45) is 0 Å². The fraction of sp³-hybridized carbons (Fsp3) is 0.350. The zero-order valence-electron chi connectivity index (χ0n) is 14.1. The molecule has 24 heavy (non-hydrogen) atoms. The van der Waals surface area contributed by atoms with Crippen LogP contribution in [0, 0.1) is 6.92 Å². The molecule has 0 saturated carbocycles. The highest BCUT2D eigenvalue weighted by atomic mass is 16.5. The lowest BCUT2D eigenvalue weighted by Crippen LogP contribution is -2.36. The van der Waals surface area contributed by atoms with Crippen LogP contribution in [-0.4, -0.2) is 32.2 Å². The van der Waals surface area contributed by atoms with Crippen molar-refractivity contribution in [3.05, 3.63) is 65.2 Å². The van der Waals surface area contributed by atoms with Gasteiger partial charge >= 0.3 is 0 Å². The topological polar surface area (TPSA) is 41.6 Å². The number of rotatable bonds is 5. The third kappa shape index (κ3) is 4.59. The molecule has 1 N–H and O–H groups in total. The summed E-state index contributed by atoms with van der Waals surface area (Å²) in [7, 11) is 0. The van der Waals surface area contributed by atoms with Crippen molar-refractivity contribution in [2.75, 3.05) is 31.2 Å². The Morgan fingerprint density at radius 1 is 1.00 bits per heavy atom. The van der Waals surface area contributed by atoms with E-state index in [2.05, 4.69) is 34.5 Å². The molecule has 1 aliphatic rings. The molecule has 126 valence electrons. The Morgan fingerprint density at radius 2 is 1.62 bits per heavy atom. The van der Waals surface area contributed by atoms with Crippen LogP contribution < -0.4 is 10.2 Å². The lowest BCUT2D eigenvalue weighted by Gasteiger charge is -2.28. The summed E-state index contributed by atoms with van der Waals surface area (Å²) in [5.41, 5.74) is 4.58. The standard InChI is InChI=1S/C20H24N2O2/c1-16-2-4-17(5-3-16)14-20(23)21-15-18-6-8-19(9-7-18)22-10-12-24-13-11-22/h2-9H,10-15H2,1H3,(H,21,23). The minimum absolute atomic E-state index is 0.0520. The highest BCUT2D eigenvalue weighted by Crippen LogP contribution is 2.16. The second kappa shape index (κ2) is 7.97. The quantitative estimate of drug-likeness (QED) is 0.919. The molecule has 1 amide bonds. The van der Waals surface area contributed by atoms with Crippen LogP contribution in [0.4, 0.5) is 5.69 Å². The van der Waals surface area contributed by atoms with Crippen molar-refractivity contribution in [1.82, 2.24) is 5.32 Å². The summed E-state index contributed by atoms with van der Waals surface area (Å²) >= 11 is 0. The number of carbonyl (C=O) groups is 1. The molecular weight excluding hydrogens is 300 g/mol. The van der Waals surface area contributed by atoms with Gasteiger partial charge in [0.05, 0.1) is 19.6 Å². The average molecular weight is 324 g/mol. The first kappa shape index (κ1) is 16.5. The van der Waals surface area contributed by atoms with Crippen LogP contribution in [0.3, 0.4) is 0 Å². The monoisotopic (exact) mass is 324 g/mol. The number of carbonyl (C=O) groups excluding carboxylic acids is 1. The summed E-state index contributed by atoms with van der Waals surface area (Å²) in [6.07, 6.45) is 0.423. The summed E-state index contributed by atoms with van der Waals surface area (Å²) < 4.78 is 5.38. The van der Waals surface area contributed by atoms with E-state index in [-0.39, 0.29) is 5.91 Å². The molecule has 2 aromatic carbocycles. The Hall–Kier alpha value is -2.33. The van der Waals surface area contributed by atoms with Gasteiger partial charge in [-0.1, -0.05) is 42.0 Å².